The van der Waals surface area contributed by atoms with Gasteiger partial charge in [0.15, 0.2) is 0 Å². The fourth-order valence-corrected chi connectivity index (χ4v) is 2.30. The zero-order valence-electron chi connectivity index (χ0n) is 12.5. The highest BCUT2D eigenvalue weighted by Crippen LogP contribution is 2.20. The largest absolute Gasteiger partial charge is 0.387 e. The zero-order chi connectivity index (χ0) is 15.2. The van der Waals surface area contributed by atoms with Gasteiger partial charge in [0, 0.05) is 19.0 Å². The van der Waals surface area contributed by atoms with Crippen molar-refractivity contribution in [2.45, 2.75) is 13.0 Å². The second kappa shape index (κ2) is 7.20. The number of benzene rings is 2. The molecule has 0 fully saturated rings. The minimum atomic E-state index is -0.694. The monoisotopic (exact) mass is 286 g/mol. The van der Waals surface area contributed by atoms with Crippen LogP contribution in [0, 0.1) is 5.92 Å². The molecule has 0 aromatic heterocycles. The number of amides is 1. The number of carbonyl (C=O) groups excluding carboxylic acids is 1. The van der Waals surface area contributed by atoms with E-state index in [0.717, 1.165) is 16.3 Å². The van der Waals surface area contributed by atoms with Gasteiger partial charge in [-0.3, -0.25) is 4.79 Å². The first-order chi connectivity index (χ1) is 10.1. The third-order valence-electron chi connectivity index (χ3n) is 3.59. The lowest BCUT2D eigenvalue weighted by atomic mass is 10.0. The molecular weight excluding hydrogens is 264 g/mol. The van der Waals surface area contributed by atoms with E-state index in [0.29, 0.717) is 6.54 Å². The molecule has 2 unspecified atom stereocenters. The molecule has 0 saturated heterocycles. The average molecular weight is 286 g/mol. The van der Waals surface area contributed by atoms with Crippen LogP contribution in [0.25, 0.3) is 10.8 Å². The minimum Gasteiger partial charge on any atom is -0.387 e. The van der Waals surface area contributed by atoms with Crippen molar-refractivity contribution in [2.75, 3.05) is 20.1 Å². The van der Waals surface area contributed by atoms with Gasteiger partial charge in [-0.05, 0) is 29.4 Å². The van der Waals surface area contributed by atoms with E-state index in [-0.39, 0.29) is 18.4 Å². The van der Waals surface area contributed by atoms with Crippen LogP contribution in [0.1, 0.15) is 18.6 Å². The highest BCUT2D eigenvalue weighted by Gasteiger charge is 2.14. The highest BCUT2D eigenvalue weighted by molar-refractivity contribution is 5.83. The SMILES string of the molecule is CNCC(C)C(=O)NCC(O)c1ccc2ccccc2c1. The molecular formula is C17H22N2O2. The fourth-order valence-electron chi connectivity index (χ4n) is 2.30. The predicted molar refractivity (Wildman–Crippen MR) is 85.0 cm³/mol. The van der Waals surface area contributed by atoms with Gasteiger partial charge < -0.3 is 15.7 Å². The summed E-state index contributed by atoms with van der Waals surface area (Å²) in [5.74, 6) is -0.164. The molecule has 0 heterocycles. The summed E-state index contributed by atoms with van der Waals surface area (Å²) in [5, 5.41) is 18.2. The summed E-state index contributed by atoms with van der Waals surface area (Å²) < 4.78 is 0. The van der Waals surface area contributed by atoms with Crippen molar-refractivity contribution in [1.29, 1.82) is 0 Å². The summed E-state index contributed by atoms with van der Waals surface area (Å²) in [4.78, 5) is 11.8. The molecule has 0 radical (unpaired) electrons. The molecule has 2 aromatic rings. The van der Waals surface area contributed by atoms with Gasteiger partial charge >= 0.3 is 0 Å². The Labute approximate surface area is 125 Å². The quantitative estimate of drug-likeness (QED) is 0.759. The lowest BCUT2D eigenvalue weighted by Crippen LogP contribution is -2.36. The molecule has 1 amide bonds. The van der Waals surface area contributed by atoms with Crippen LogP contribution >= 0.6 is 0 Å². The Kier molecular flexibility index (Phi) is 5.31. The van der Waals surface area contributed by atoms with Crippen LogP contribution in [0.5, 0.6) is 0 Å². The Balaban J connectivity index is 1.98. The Hall–Kier alpha value is -1.91. The number of hydrogen-bond acceptors (Lipinski definition) is 3. The number of aliphatic hydroxyl groups excluding tert-OH is 1. The maximum Gasteiger partial charge on any atom is 0.224 e. The van der Waals surface area contributed by atoms with E-state index in [9.17, 15) is 9.90 Å². The van der Waals surface area contributed by atoms with Crippen molar-refractivity contribution in [1.82, 2.24) is 10.6 Å². The van der Waals surface area contributed by atoms with Crippen molar-refractivity contribution in [3.05, 3.63) is 48.0 Å². The molecule has 112 valence electrons. The molecule has 0 saturated carbocycles. The predicted octanol–water partition coefficient (Wildman–Crippen LogP) is 1.84. The van der Waals surface area contributed by atoms with Crippen LogP contribution in [0.3, 0.4) is 0 Å². The average Bonchev–Trinajstić information content (AvgIpc) is 2.52. The Morgan fingerprint density at radius 3 is 2.57 bits per heavy atom. The lowest BCUT2D eigenvalue weighted by molar-refractivity contribution is -0.124. The van der Waals surface area contributed by atoms with Gasteiger partial charge in [0.25, 0.3) is 0 Å². The standard InChI is InChI=1S/C17H22N2O2/c1-12(10-18-2)17(21)19-11-16(20)15-8-7-13-5-3-4-6-14(13)9-15/h3-9,12,16,18,20H,10-11H2,1-2H3,(H,19,21). The molecule has 3 N–H and O–H groups in total. The van der Waals surface area contributed by atoms with Crippen molar-refractivity contribution in [3.8, 4) is 0 Å². The van der Waals surface area contributed by atoms with Crippen LogP contribution in [0.15, 0.2) is 42.5 Å². The lowest BCUT2D eigenvalue weighted by Gasteiger charge is -2.15. The summed E-state index contributed by atoms with van der Waals surface area (Å²) in [6, 6.07) is 13.9. The van der Waals surface area contributed by atoms with Crippen LogP contribution in [0.2, 0.25) is 0 Å². The molecule has 0 bridgehead atoms. The third-order valence-corrected chi connectivity index (χ3v) is 3.59. The van der Waals surface area contributed by atoms with Crippen molar-refractivity contribution in [3.63, 3.8) is 0 Å². The van der Waals surface area contributed by atoms with Crippen molar-refractivity contribution < 1.29 is 9.90 Å². The zero-order valence-corrected chi connectivity index (χ0v) is 12.5. The minimum absolute atomic E-state index is 0.0517. The topological polar surface area (TPSA) is 61.4 Å². The number of fused-ring (bicyclic) bond motifs is 1. The van der Waals surface area contributed by atoms with E-state index in [2.05, 4.69) is 10.6 Å². The second-order valence-electron chi connectivity index (χ2n) is 5.33. The summed E-state index contributed by atoms with van der Waals surface area (Å²) in [6.45, 7) is 2.71. The molecule has 21 heavy (non-hydrogen) atoms. The van der Waals surface area contributed by atoms with Gasteiger partial charge in [-0.25, -0.2) is 0 Å². The highest BCUT2D eigenvalue weighted by atomic mass is 16.3. The number of carbonyl (C=O) groups is 1. The van der Waals surface area contributed by atoms with E-state index in [4.69, 9.17) is 0 Å². The Bertz CT molecular complexity index is 613. The summed E-state index contributed by atoms with van der Waals surface area (Å²) >= 11 is 0. The van der Waals surface area contributed by atoms with E-state index in [1.807, 2.05) is 56.4 Å². The van der Waals surface area contributed by atoms with Gasteiger partial charge in [-0.15, -0.1) is 0 Å². The first kappa shape index (κ1) is 15.5. The van der Waals surface area contributed by atoms with Crippen LogP contribution < -0.4 is 10.6 Å². The number of hydrogen-bond donors (Lipinski definition) is 3. The molecule has 2 aromatic carbocycles. The van der Waals surface area contributed by atoms with E-state index in [1.165, 1.54) is 0 Å². The summed E-state index contributed by atoms with van der Waals surface area (Å²) in [5.41, 5.74) is 0.815. The molecule has 0 aliphatic heterocycles. The number of rotatable bonds is 6. The summed E-state index contributed by atoms with van der Waals surface area (Å²) in [7, 11) is 1.81. The molecule has 2 atom stereocenters. The number of aliphatic hydroxyl groups is 1. The fraction of sp³-hybridized carbons (Fsp3) is 0.353. The molecule has 2 rings (SSSR count). The Morgan fingerprint density at radius 1 is 1.14 bits per heavy atom. The molecule has 4 heteroatoms. The first-order valence-electron chi connectivity index (χ1n) is 7.21. The van der Waals surface area contributed by atoms with Crippen LogP contribution in [0.4, 0.5) is 0 Å². The smallest absolute Gasteiger partial charge is 0.224 e. The maximum absolute atomic E-state index is 11.8. The second-order valence-corrected chi connectivity index (χ2v) is 5.33. The molecule has 0 aliphatic carbocycles. The molecule has 0 aliphatic rings. The van der Waals surface area contributed by atoms with E-state index in [1.54, 1.807) is 0 Å². The van der Waals surface area contributed by atoms with E-state index < -0.39 is 6.10 Å². The molecule has 0 spiro atoms. The van der Waals surface area contributed by atoms with Gasteiger partial charge in [0.2, 0.25) is 5.91 Å². The van der Waals surface area contributed by atoms with Gasteiger partial charge in [-0.2, -0.15) is 0 Å². The van der Waals surface area contributed by atoms with Gasteiger partial charge in [0.05, 0.1) is 6.10 Å². The normalized spacial score (nSPS) is 13.9. The van der Waals surface area contributed by atoms with E-state index >= 15 is 0 Å². The first-order valence-corrected chi connectivity index (χ1v) is 7.21. The Morgan fingerprint density at radius 2 is 1.86 bits per heavy atom. The maximum atomic E-state index is 11.8. The summed E-state index contributed by atoms with van der Waals surface area (Å²) in [6.07, 6.45) is -0.694. The van der Waals surface area contributed by atoms with Gasteiger partial charge in [0.1, 0.15) is 0 Å². The number of nitrogens with one attached hydrogen (secondary N) is 2. The third kappa shape index (κ3) is 4.03. The van der Waals surface area contributed by atoms with Crippen LogP contribution in [-0.4, -0.2) is 31.2 Å². The van der Waals surface area contributed by atoms with Gasteiger partial charge in [-0.1, -0.05) is 43.3 Å². The molecule has 4 nitrogen and oxygen atoms in total. The van der Waals surface area contributed by atoms with Crippen molar-refractivity contribution in [2.24, 2.45) is 5.92 Å². The van der Waals surface area contributed by atoms with Crippen molar-refractivity contribution >= 4 is 16.7 Å². The van der Waals surface area contributed by atoms with Crippen LogP contribution in [-0.2, 0) is 4.79 Å².